The first-order valence-corrected chi connectivity index (χ1v) is 10.4. The molecule has 0 unspecified atom stereocenters. The third-order valence-electron chi connectivity index (χ3n) is 3.75. The summed E-state index contributed by atoms with van der Waals surface area (Å²) in [6, 6.07) is 0.714. The number of hydrogen-bond donors (Lipinski definition) is 0. The zero-order valence-electron chi connectivity index (χ0n) is 15.9. The van der Waals surface area contributed by atoms with Crippen molar-refractivity contribution in [2.45, 2.75) is 30.0 Å². The lowest BCUT2D eigenvalue weighted by atomic mass is 10.2. The van der Waals surface area contributed by atoms with Crippen LogP contribution < -0.4 is 4.90 Å². The molecule has 1 heterocycles. The van der Waals surface area contributed by atoms with Crippen LogP contribution in [0.3, 0.4) is 0 Å². The number of sulfone groups is 1. The average molecular weight is 529 g/mol. The maximum atomic E-state index is 13.1. The molecule has 32 heavy (non-hydrogen) atoms. The standard InChI is InChI=1S/C15H12Cl2F6N4O4S/c1-3-26-13(24-12(25-26)14(18,19)20)27(10(28)6-31-2)11-8(16)4-7(5-9(11)17)32(29,30)15(21,22)23/h4-5H,3,6H2,1-2H3. The van der Waals surface area contributed by atoms with E-state index in [4.69, 9.17) is 23.2 Å². The van der Waals surface area contributed by atoms with E-state index in [-0.39, 0.29) is 6.54 Å². The minimum Gasteiger partial charge on any atom is -0.375 e. The van der Waals surface area contributed by atoms with E-state index < -0.39 is 66.4 Å². The fourth-order valence-corrected chi connectivity index (χ4v) is 4.00. The van der Waals surface area contributed by atoms with Crippen LogP contribution >= 0.6 is 23.2 Å². The summed E-state index contributed by atoms with van der Waals surface area (Å²) in [4.78, 5) is 15.0. The molecule has 1 amide bonds. The van der Waals surface area contributed by atoms with Crippen LogP contribution in [0, 0.1) is 0 Å². The number of halogens is 8. The predicted molar refractivity (Wildman–Crippen MR) is 99.4 cm³/mol. The van der Waals surface area contributed by atoms with Gasteiger partial charge >= 0.3 is 11.7 Å². The quantitative estimate of drug-likeness (QED) is 0.521. The first-order chi connectivity index (χ1) is 14.6. The van der Waals surface area contributed by atoms with Crippen LogP contribution in [0.5, 0.6) is 0 Å². The number of aryl methyl sites for hydroxylation is 1. The lowest BCUT2D eigenvalue weighted by Gasteiger charge is -2.24. The molecule has 8 nitrogen and oxygen atoms in total. The summed E-state index contributed by atoms with van der Waals surface area (Å²) >= 11 is 11.9. The van der Waals surface area contributed by atoms with Crippen molar-refractivity contribution in [3.05, 3.63) is 28.0 Å². The average Bonchev–Trinajstić information content (AvgIpc) is 3.07. The summed E-state index contributed by atoms with van der Waals surface area (Å²) in [6.07, 6.45) is -5.00. The van der Waals surface area contributed by atoms with E-state index in [1.54, 1.807) is 0 Å². The number of methoxy groups -OCH3 is 1. The van der Waals surface area contributed by atoms with E-state index >= 15 is 0 Å². The van der Waals surface area contributed by atoms with Gasteiger partial charge in [0.05, 0.1) is 20.6 Å². The van der Waals surface area contributed by atoms with Crippen LogP contribution in [0.2, 0.25) is 10.0 Å². The van der Waals surface area contributed by atoms with E-state index in [0.29, 0.717) is 21.7 Å². The minimum atomic E-state index is -5.87. The van der Waals surface area contributed by atoms with Gasteiger partial charge in [0.1, 0.15) is 6.61 Å². The number of hydrogen-bond acceptors (Lipinski definition) is 6. The fourth-order valence-electron chi connectivity index (χ4n) is 2.40. The van der Waals surface area contributed by atoms with Gasteiger partial charge in [-0.05, 0) is 19.1 Å². The van der Waals surface area contributed by atoms with Crippen LogP contribution in [0.25, 0.3) is 0 Å². The van der Waals surface area contributed by atoms with Crippen molar-refractivity contribution in [2.75, 3.05) is 18.6 Å². The Kier molecular flexibility index (Phi) is 7.38. The van der Waals surface area contributed by atoms with Gasteiger partial charge in [-0.25, -0.2) is 18.0 Å². The Bertz CT molecular complexity index is 1110. The number of benzene rings is 1. The fraction of sp³-hybridized carbons (Fsp3) is 0.400. The predicted octanol–water partition coefficient (Wildman–Crippen LogP) is 4.23. The molecule has 0 aliphatic carbocycles. The number of rotatable bonds is 6. The van der Waals surface area contributed by atoms with Gasteiger partial charge in [0.15, 0.2) is 0 Å². The number of carbonyl (C=O) groups is 1. The summed E-state index contributed by atoms with van der Waals surface area (Å²) in [6.45, 7) is 0.428. The van der Waals surface area contributed by atoms with Crippen LogP contribution in [0.4, 0.5) is 38.0 Å². The van der Waals surface area contributed by atoms with Gasteiger partial charge in [0.25, 0.3) is 21.6 Å². The number of aromatic nitrogens is 3. The first kappa shape index (κ1) is 26.2. The molecular formula is C15H12Cl2F6N4O4S. The lowest BCUT2D eigenvalue weighted by molar-refractivity contribution is -0.145. The maximum Gasteiger partial charge on any atom is 0.501 e. The van der Waals surface area contributed by atoms with E-state index in [1.165, 1.54) is 6.92 Å². The summed E-state index contributed by atoms with van der Waals surface area (Å²) in [5.74, 6) is -3.41. The highest BCUT2D eigenvalue weighted by molar-refractivity contribution is 7.92. The SMILES string of the molecule is CCn1nc(C(F)(F)F)nc1N(C(=O)COC)c1c(Cl)cc(S(=O)(=O)C(F)(F)F)cc1Cl. The maximum absolute atomic E-state index is 13.1. The van der Waals surface area contributed by atoms with Gasteiger partial charge < -0.3 is 4.74 Å². The molecule has 178 valence electrons. The second kappa shape index (κ2) is 9.03. The van der Waals surface area contributed by atoms with Crippen molar-refractivity contribution < 1.29 is 44.3 Å². The summed E-state index contributed by atoms with van der Waals surface area (Å²) in [5.41, 5.74) is -6.30. The Balaban J connectivity index is 2.79. The van der Waals surface area contributed by atoms with E-state index in [9.17, 15) is 39.6 Å². The summed E-state index contributed by atoms with van der Waals surface area (Å²) in [5, 5.41) is 1.68. The number of alkyl halides is 6. The highest BCUT2D eigenvalue weighted by Gasteiger charge is 2.47. The number of ether oxygens (including phenoxy) is 1. The Morgan fingerprint density at radius 1 is 1.16 bits per heavy atom. The molecule has 0 saturated heterocycles. The van der Waals surface area contributed by atoms with Crippen molar-refractivity contribution in [3.63, 3.8) is 0 Å². The molecule has 0 N–H and O–H groups in total. The second-order valence-corrected chi connectivity index (χ2v) is 8.65. The molecular weight excluding hydrogens is 517 g/mol. The summed E-state index contributed by atoms with van der Waals surface area (Å²) < 4.78 is 107. The lowest BCUT2D eigenvalue weighted by Crippen LogP contribution is -2.32. The molecule has 0 atom stereocenters. The van der Waals surface area contributed by atoms with Gasteiger partial charge in [0.2, 0.25) is 5.95 Å². The Morgan fingerprint density at radius 3 is 2.09 bits per heavy atom. The molecule has 0 spiro atoms. The molecule has 2 rings (SSSR count). The second-order valence-electron chi connectivity index (χ2n) is 5.90. The third kappa shape index (κ3) is 4.94. The van der Waals surface area contributed by atoms with E-state index in [1.807, 2.05) is 0 Å². The van der Waals surface area contributed by atoms with Crippen molar-refractivity contribution in [1.82, 2.24) is 14.8 Å². The van der Waals surface area contributed by atoms with Gasteiger partial charge in [-0.2, -0.15) is 31.3 Å². The van der Waals surface area contributed by atoms with Crippen molar-refractivity contribution in [2.24, 2.45) is 0 Å². The van der Waals surface area contributed by atoms with Crippen molar-refractivity contribution >= 4 is 50.6 Å². The van der Waals surface area contributed by atoms with E-state index in [0.717, 1.165) is 7.11 Å². The first-order valence-electron chi connectivity index (χ1n) is 8.20. The van der Waals surface area contributed by atoms with Crippen LogP contribution in [0.1, 0.15) is 12.7 Å². The largest absolute Gasteiger partial charge is 0.501 e. The molecule has 1 aromatic carbocycles. The number of amides is 1. The zero-order chi connectivity index (χ0) is 24.6. The monoisotopic (exact) mass is 528 g/mol. The minimum absolute atomic E-state index is 0.217. The molecule has 0 bridgehead atoms. The molecule has 0 aliphatic heterocycles. The van der Waals surface area contributed by atoms with Crippen LogP contribution in [-0.2, 0) is 32.1 Å². The molecule has 2 aromatic rings. The highest BCUT2D eigenvalue weighted by Crippen LogP contribution is 2.42. The van der Waals surface area contributed by atoms with Gasteiger partial charge in [-0.15, -0.1) is 5.10 Å². The van der Waals surface area contributed by atoms with Gasteiger partial charge in [-0.3, -0.25) is 4.79 Å². The van der Waals surface area contributed by atoms with Crippen molar-refractivity contribution in [1.29, 1.82) is 0 Å². The Hall–Kier alpha value is -2.10. The zero-order valence-corrected chi connectivity index (χ0v) is 18.3. The number of nitrogens with zero attached hydrogens (tertiary/aromatic N) is 4. The molecule has 0 fully saturated rings. The third-order valence-corrected chi connectivity index (χ3v) is 5.79. The molecule has 1 aromatic heterocycles. The van der Waals surface area contributed by atoms with E-state index in [2.05, 4.69) is 14.8 Å². The number of carbonyl (C=O) groups excluding carboxylic acids is 1. The normalized spacial score (nSPS) is 12.8. The molecule has 17 heteroatoms. The summed E-state index contributed by atoms with van der Waals surface area (Å²) in [7, 11) is -4.78. The smallest absolute Gasteiger partial charge is 0.375 e. The molecule has 0 radical (unpaired) electrons. The van der Waals surface area contributed by atoms with Gasteiger partial charge in [-0.1, -0.05) is 23.2 Å². The van der Waals surface area contributed by atoms with Gasteiger partial charge in [0, 0.05) is 13.7 Å². The number of anilines is 2. The molecule has 0 aliphatic rings. The Labute approximate surface area is 186 Å². The highest BCUT2D eigenvalue weighted by atomic mass is 35.5. The van der Waals surface area contributed by atoms with Crippen molar-refractivity contribution in [3.8, 4) is 0 Å². The Morgan fingerprint density at radius 2 is 1.69 bits per heavy atom. The molecule has 0 saturated carbocycles. The van der Waals surface area contributed by atoms with Crippen LogP contribution in [0.15, 0.2) is 17.0 Å². The van der Waals surface area contributed by atoms with Crippen LogP contribution in [-0.4, -0.2) is 48.3 Å². The topological polar surface area (TPSA) is 94.4 Å².